The van der Waals surface area contributed by atoms with E-state index in [2.05, 4.69) is 5.32 Å². The van der Waals surface area contributed by atoms with Crippen molar-refractivity contribution in [2.75, 3.05) is 0 Å². The Morgan fingerprint density at radius 3 is 2.71 bits per heavy atom. The van der Waals surface area contributed by atoms with Gasteiger partial charge in [0.2, 0.25) is 5.91 Å². The zero-order valence-electron chi connectivity index (χ0n) is 13.4. The lowest BCUT2D eigenvalue weighted by molar-refractivity contribution is -0.144. The lowest BCUT2D eigenvalue weighted by atomic mass is 9.84. The molecule has 0 saturated heterocycles. The van der Waals surface area contributed by atoms with Gasteiger partial charge in [-0.2, -0.15) is 0 Å². The van der Waals surface area contributed by atoms with E-state index in [1.54, 1.807) is 13.0 Å². The lowest BCUT2D eigenvalue weighted by Gasteiger charge is -2.28. The molecule has 4 nitrogen and oxygen atoms in total. The highest BCUT2D eigenvalue weighted by Crippen LogP contribution is 2.39. The van der Waals surface area contributed by atoms with Gasteiger partial charge in [0.05, 0.1) is 5.57 Å². The highest BCUT2D eigenvalue weighted by atomic mass is 35.5. The summed E-state index contributed by atoms with van der Waals surface area (Å²) in [5.41, 5.74) is 0.860. The summed E-state index contributed by atoms with van der Waals surface area (Å²) in [5, 5.41) is 2.85. The minimum Gasteiger partial charge on any atom is -0.459 e. The predicted molar refractivity (Wildman–Crippen MR) is 88.0 cm³/mol. The summed E-state index contributed by atoms with van der Waals surface area (Å²) in [6.07, 6.45) is 3.62. The first-order valence-corrected chi connectivity index (χ1v) is 8.50. The van der Waals surface area contributed by atoms with Gasteiger partial charge in [-0.05, 0) is 44.7 Å². The Balaban J connectivity index is 1.97. The maximum absolute atomic E-state index is 14.3. The van der Waals surface area contributed by atoms with Crippen molar-refractivity contribution in [3.63, 3.8) is 0 Å². The molecule has 3 rings (SSSR count). The maximum Gasteiger partial charge on any atom is 0.336 e. The van der Waals surface area contributed by atoms with Gasteiger partial charge in [-0.1, -0.05) is 17.7 Å². The van der Waals surface area contributed by atoms with Crippen molar-refractivity contribution < 1.29 is 18.7 Å². The van der Waals surface area contributed by atoms with E-state index in [9.17, 15) is 14.0 Å². The zero-order chi connectivity index (χ0) is 17.3. The molecule has 0 unspecified atom stereocenters. The van der Waals surface area contributed by atoms with Crippen LogP contribution in [-0.2, 0) is 14.3 Å². The molecular formula is C18H19ClFNO3. The number of hydrogen-bond donors (Lipinski definition) is 1. The average Bonchev–Trinajstić information content (AvgIpc) is 2.99. The van der Waals surface area contributed by atoms with Crippen LogP contribution >= 0.6 is 11.6 Å². The molecule has 0 aromatic heterocycles. The summed E-state index contributed by atoms with van der Waals surface area (Å²) in [6, 6.07) is 4.34. The van der Waals surface area contributed by atoms with E-state index < -0.39 is 17.7 Å². The Morgan fingerprint density at radius 1 is 1.33 bits per heavy atom. The lowest BCUT2D eigenvalue weighted by Crippen LogP contribution is -2.35. The number of nitrogens with one attached hydrogen (secondary N) is 1. The van der Waals surface area contributed by atoms with Crippen LogP contribution in [0.2, 0.25) is 5.02 Å². The fourth-order valence-corrected chi connectivity index (χ4v) is 3.78. The number of rotatable bonds is 3. The van der Waals surface area contributed by atoms with Crippen LogP contribution in [0.25, 0.3) is 0 Å². The van der Waals surface area contributed by atoms with E-state index in [-0.39, 0.29) is 34.6 Å². The van der Waals surface area contributed by atoms with E-state index >= 15 is 0 Å². The van der Waals surface area contributed by atoms with E-state index in [1.807, 2.05) is 0 Å². The van der Waals surface area contributed by atoms with Crippen LogP contribution in [-0.4, -0.2) is 18.0 Å². The van der Waals surface area contributed by atoms with Crippen molar-refractivity contribution in [3.8, 4) is 0 Å². The molecule has 6 heteroatoms. The molecule has 1 N–H and O–H groups in total. The standard InChI is InChI=1S/C18H19ClFNO3/c1-10-16(18(23)24-11-5-2-3-6-11)12(9-15(22)21-10)17-13(19)7-4-8-14(17)20/h4,7-8,11-12H,2-3,5-6,9H2,1H3,(H,21,22)/t12-/m1/s1. The molecule has 24 heavy (non-hydrogen) atoms. The number of benzene rings is 1. The Kier molecular flexibility index (Phi) is 4.90. The van der Waals surface area contributed by atoms with Gasteiger partial charge in [-0.15, -0.1) is 0 Å². The second-order valence-electron chi connectivity index (χ2n) is 6.29. The van der Waals surface area contributed by atoms with Gasteiger partial charge < -0.3 is 10.1 Å². The first-order valence-electron chi connectivity index (χ1n) is 8.13. The minimum absolute atomic E-state index is 0.0346. The highest BCUT2D eigenvalue weighted by Gasteiger charge is 2.36. The van der Waals surface area contributed by atoms with Crippen molar-refractivity contribution in [1.29, 1.82) is 0 Å². The van der Waals surface area contributed by atoms with Gasteiger partial charge in [0.1, 0.15) is 11.9 Å². The first-order chi connectivity index (χ1) is 11.5. The Labute approximate surface area is 145 Å². The zero-order valence-corrected chi connectivity index (χ0v) is 14.2. The molecule has 1 aromatic carbocycles. The van der Waals surface area contributed by atoms with Crippen LogP contribution in [0.4, 0.5) is 4.39 Å². The van der Waals surface area contributed by atoms with E-state index in [0.717, 1.165) is 25.7 Å². The van der Waals surface area contributed by atoms with Crippen LogP contribution in [0.15, 0.2) is 29.5 Å². The van der Waals surface area contributed by atoms with Crippen LogP contribution in [0.3, 0.4) is 0 Å². The summed E-state index contributed by atoms with van der Waals surface area (Å²) in [4.78, 5) is 24.6. The maximum atomic E-state index is 14.3. The molecule has 1 amide bonds. The fraction of sp³-hybridized carbons (Fsp3) is 0.444. The second kappa shape index (κ2) is 6.93. The van der Waals surface area contributed by atoms with Gasteiger partial charge in [-0.25, -0.2) is 9.18 Å². The Bertz CT molecular complexity index is 690. The van der Waals surface area contributed by atoms with Crippen molar-refractivity contribution in [3.05, 3.63) is 45.9 Å². The van der Waals surface area contributed by atoms with Crippen molar-refractivity contribution in [1.82, 2.24) is 5.32 Å². The fourth-order valence-electron chi connectivity index (χ4n) is 3.48. The molecule has 1 aliphatic heterocycles. The summed E-state index contributed by atoms with van der Waals surface area (Å²) in [6.45, 7) is 1.63. The molecule has 128 valence electrons. The molecule has 2 aliphatic rings. The van der Waals surface area contributed by atoms with Gasteiger partial charge >= 0.3 is 5.97 Å². The second-order valence-corrected chi connectivity index (χ2v) is 6.70. The quantitative estimate of drug-likeness (QED) is 0.842. The normalized spacial score (nSPS) is 21.8. The average molecular weight is 352 g/mol. The van der Waals surface area contributed by atoms with Crippen LogP contribution in [0.5, 0.6) is 0 Å². The van der Waals surface area contributed by atoms with Crippen LogP contribution in [0, 0.1) is 5.82 Å². The predicted octanol–water partition coefficient (Wildman–Crippen LogP) is 3.84. The molecule has 1 saturated carbocycles. The monoisotopic (exact) mass is 351 g/mol. The summed E-state index contributed by atoms with van der Waals surface area (Å²) in [7, 11) is 0. The van der Waals surface area contributed by atoms with Crippen molar-refractivity contribution in [2.45, 2.75) is 51.0 Å². The third-order valence-corrected chi connectivity index (χ3v) is 4.94. The topological polar surface area (TPSA) is 55.4 Å². The summed E-state index contributed by atoms with van der Waals surface area (Å²) < 4.78 is 19.9. The van der Waals surface area contributed by atoms with Crippen LogP contribution < -0.4 is 5.32 Å². The smallest absolute Gasteiger partial charge is 0.336 e. The third kappa shape index (κ3) is 3.31. The molecule has 1 atom stereocenters. The number of carbonyl (C=O) groups is 2. The Hall–Kier alpha value is -1.88. The summed E-state index contributed by atoms with van der Waals surface area (Å²) >= 11 is 6.15. The number of carbonyl (C=O) groups excluding carboxylic acids is 2. The number of esters is 1. The molecular weight excluding hydrogens is 333 g/mol. The number of amides is 1. The van der Waals surface area contributed by atoms with Crippen molar-refractivity contribution >= 4 is 23.5 Å². The van der Waals surface area contributed by atoms with E-state index in [4.69, 9.17) is 16.3 Å². The third-order valence-electron chi connectivity index (χ3n) is 4.61. The summed E-state index contributed by atoms with van der Waals surface area (Å²) in [5.74, 6) is -2.03. The number of hydrogen-bond acceptors (Lipinski definition) is 3. The SMILES string of the molecule is CC1=C(C(=O)OC2CCCC2)[C@H](c2c(F)cccc2Cl)CC(=O)N1. The van der Waals surface area contributed by atoms with E-state index in [1.165, 1.54) is 12.1 Å². The molecule has 1 fully saturated rings. The van der Waals surface area contributed by atoms with Gasteiger partial charge in [0.15, 0.2) is 0 Å². The molecule has 0 radical (unpaired) electrons. The molecule has 1 heterocycles. The van der Waals surface area contributed by atoms with Gasteiger partial charge in [0, 0.05) is 28.6 Å². The number of allylic oxidation sites excluding steroid dienone is 1. The first kappa shape index (κ1) is 17.0. The minimum atomic E-state index is -0.735. The molecule has 1 aliphatic carbocycles. The molecule has 0 spiro atoms. The number of halogens is 2. The molecule has 0 bridgehead atoms. The van der Waals surface area contributed by atoms with Crippen LogP contribution in [0.1, 0.15) is 50.5 Å². The number of ether oxygens (including phenoxy) is 1. The van der Waals surface area contributed by atoms with Gasteiger partial charge in [0.25, 0.3) is 0 Å². The largest absolute Gasteiger partial charge is 0.459 e. The molecule has 1 aromatic rings. The van der Waals surface area contributed by atoms with Crippen molar-refractivity contribution in [2.24, 2.45) is 0 Å². The highest BCUT2D eigenvalue weighted by molar-refractivity contribution is 6.31. The Morgan fingerprint density at radius 2 is 2.04 bits per heavy atom. The van der Waals surface area contributed by atoms with E-state index in [0.29, 0.717) is 5.70 Å². The van der Waals surface area contributed by atoms with Gasteiger partial charge in [-0.3, -0.25) is 4.79 Å².